The Morgan fingerprint density at radius 2 is 1.25 bits per heavy atom. The van der Waals surface area contributed by atoms with Gasteiger partial charge in [-0.05, 0) is 82.8 Å². The van der Waals surface area contributed by atoms with Crippen LogP contribution in [0.5, 0.6) is 0 Å². The number of phosphoric acid groups is 1. The molecule has 1 aromatic heterocycles. The van der Waals surface area contributed by atoms with Gasteiger partial charge in [0.05, 0.1) is 19.3 Å². The first-order chi connectivity index (χ1) is 30.5. The molecule has 0 aliphatic rings. The number of hydrogen-bond donors (Lipinski definition) is 3. The molecule has 0 saturated heterocycles. The van der Waals surface area contributed by atoms with Crippen LogP contribution >= 0.6 is 7.82 Å². The minimum atomic E-state index is -4.44. The summed E-state index contributed by atoms with van der Waals surface area (Å²) in [6.07, 6.45) is 43.6. The lowest BCUT2D eigenvalue weighted by Gasteiger charge is -2.19. The van der Waals surface area contributed by atoms with Crippen molar-refractivity contribution in [3.8, 4) is 0 Å². The number of aryl methyl sites for hydroxylation is 2. The van der Waals surface area contributed by atoms with E-state index in [1.54, 1.807) is 18.2 Å². The average Bonchev–Trinajstić information content (AvgIpc) is 3.53. The second-order valence-electron chi connectivity index (χ2n) is 16.0. The van der Waals surface area contributed by atoms with Gasteiger partial charge in [-0.3, -0.25) is 18.6 Å². The molecule has 63 heavy (non-hydrogen) atoms. The number of allylic oxidation sites excluding steroid dienone is 10. The van der Waals surface area contributed by atoms with E-state index in [9.17, 15) is 24.2 Å². The van der Waals surface area contributed by atoms with E-state index in [2.05, 4.69) is 64.2 Å². The number of nitrogens with two attached hydrogens (primary N) is 1. The maximum absolute atomic E-state index is 12.6. The van der Waals surface area contributed by atoms with Gasteiger partial charge in [0.2, 0.25) is 0 Å². The third kappa shape index (κ3) is 32.9. The molecule has 0 spiro atoms. The van der Waals surface area contributed by atoms with E-state index in [0.29, 0.717) is 19.3 Å². The van der Waals surface area contributed by atoms with Crippen molar-refractivity contribution in [2.24, 2.45) is 5.73 Å². The van der Waals surface area contributed by atoms with Crippen LogP contribution in [0.4, 0.5) is 0 Å². The molecule has 4 N–H and O–H groups in total. The molecule has 0 fully saturated rings. The van der Waals surface area contributed by atoms with Crippen molar-refractivity contribution in [2.75, 3.05) is 26.4 Å². The molecule has 0 amide bonds. The predicted octanol–water partition coefficient (Wildman–Crippen LogP) is 12.5. The number of ether oxygens (including phenoxy) is 2. The Balaban J connectivity index is 2.30. The highest BCUT2D eigenvalue weighted by molar-refractivity contribution is 7.47. The van der Waals surface area contributed by atoms with Gasteiger partial charge in [0.15, 0.2) is 6.10 Å². The summed E-state index contributed by atoms with van der Waals surface area (Å²) in [5.74, 6) is 1.33. The zero-order chi connectivity index (χ0) is 46.2. The molecule has 358 valence electrons. The standard InChI is InChI=1S/C51H84NO10P/c1-5-7-9-10-11-12-13-14-15-18-21-24-29-34-46(53)35-30-27-33-39-51(55)61-47(43-60-63(56,57)59-41-40-52)42-58-50(54)38-32-26-23-20-17-16-19-22-25-31-37-49-45(4)44(3)48(62-49)36-28-8-6-2/h7,9,11-12,14-15,21,24,27,29-30,34,46-47,53H,5-6,8,10,13,16-20,22-23,25-26,28,31-33,35-43,52H2,1-4H3,(H,56,57)/b9-7-,12-11-,15-14-,24-21-,30-27-,34-29-/t46?,47-/m1/s1. The lowest BCUT2D eigenvalue weighted by Crippen LogP contribution is -2.29. The molecule has 1 heterocycles. The zero-order valence-corrected chi connectivity index (χ0v) is 40.3. The van der Waals surface area contributed by atoms with Gasteiger partial charge in [-0.2, -0.15) is 0 Å². The molecule has 0 aliphatic heterocycles. The van der Waals surface area contributed by atoms with Crippen LogP contribution in [-0.4, -0.2) is 60.5 Å². The maximum Gasteiger partial charge on any atom is 0.472 e. The molecule has 1 rings (SSSR count). The number of hydrogen-bond acceptors (Lipinski definition) is 10. The number of furan rings is 1. The van der Waals surface area contributed by atoms with Crippen LogP contribution in [0.2, 0.25) is 0 Å². The average molecular weight is 902 g/mol. The number of aliphatic hydroxyl groups excluding tert-OH is 1. The number of carbonyl (C=O) groups is 2. The van der Waals surface area contributed by atoms with Gasteiger partial charge in [-0.25, -0.2) is 4.57 Å². The minimum Gasteiger partial charge on any atom is -0.466 e. The fourth-order valence-corrected chi connectivity index (χ4v) is 7.34. The van der Waals surface area contributed by atoms with Crippen LogP contribution in [-0.2, 0) is 45.5 Å². The molecule has 0 saturated carbocycles. The Morgan fingerprint density at radius 3 is 1.86 bits per heavy atom. The Labute approximate surface area is 380 Å². The van der Waals surface area contributed by atoms with Crippen molar-refractivity contribution in [2.45, 2.75) is 188 Å². The third-order valence-corrected chi connectivity index (χ3v) is 11.4. The molecule has 0 aromatic carbocycles. The Kier molecular flexibility index (Phi) is 35.8. The second-order valence-corrected chi connectivity index (χ2v) is 17.5. The van der Waals surface area contributed by atoms with E-state index in [1.807, 2.05) is 18.2 Å². The second kappa shape index (κ2) is 39.1. The van der Waals surface area contributed by atoms with Crippen molar-refractivity contribution in [3.63, 3.8) is 0 Å². The van der Waals surface area contributed by atoms with Crippen LogP contribution in [0.25, 0.3) is 0 Å². The van der Waals surface area contributed by atoms with E-state index in [1.165, 1.54) is 74.0 Å². The Hall–Kier alpha value is -3.31. The van der Waals surface area contributed by atoms with Gasteiger partial charge < -0.3 is 29.6 Å². The van der Waals surface area contributed by atoms with Crippen LogP contribution in [0, 0.1) is 13.8 Å². The highest BCUT2D eigenvalue weighted by Gasteiger charge is 2.26. The number of phosphoric ester groups is 1. The van der Waals surface area contributed by atoms with Gasteiger partial charge in [0.1, 0.15) is 18.1 Å². The molecule has 0 aliphatic carbocycles. The lowest BCUT2D eigenvalue weighted by molar-refractivity contribution is -0.161. The third-order valence-electron chi connectivity index (χ3n) is 10.4. The molecular weight excluding hydrogens is 818 g/mol. The van der Waals surface area contributed by atoms with Crippen molar-refractivity contribution in [1.29, 1.82) is 0 Å². The lowest BCUT2D eigenvalue weighted by atomic mass is 10.0. The SMILES string of the molecule is CC/C=C\C/C=C\C/C=C\C/C=C\C=C/C(O)C/C=C\CCC(=O)O[C@H](COC(=O)CCCCCCCCCCCCc1oc(CCCCC)c(C)c1C)COP(=O)(O)OCCN. The summed E-state index contributed by atoms with van der Waals surface area (Å²) < 4.78 is 39.0. The monoisotopic (exact) mass is 902 g/mol. The summed E-state index contributed by atoms with van der Waals surface area (Å²) in [6.45, 7) is 7.74. The van der Waals surface area contributed by atoms with E-state index < -0.39 is 38.6 Å². The van der Waals surface area contributed by atoms with Crippen LogP contribution in [0.3, 0.4) is 0 Å². The van der Waals surface area contributed by atoms with Crippen molar-refractivity contribution < 1.29 is 47.1 Å². The van der Waals surface area contributed by atoms with E-state index in [-0.39, 0.29) is 32.6 Å². The van der Waals surface area contributed by atoms with Gasteiger partial charge in [-0.15, -0.1) is 0 Å². The molecular formula is C51H84NO10P. The fraction of sp³-hybridized carbons (Fsp3) is 0.647. The van der Waals surface area contributed by atoms with E-state index >= 15 is 0 Å². The van der Waals surface area contributed by atoms with Gasteiger partial charge >= 0.3 is 19.8 Å². The number of esters is 2. The summed E-state index contributed by atoms with van der Waals surface area (Å²) in [5, 5.41) is 10.2. The molecule has 3 atom stereocenters. The molecule has 11 nitrogen and oxygen atoms in total. The fourth-order valence-electron chi connectivity index (χ4n) is 6.57. The molecule has 12 heteroatoms. The first-order valence-electron chi connectivity index (χ1n) is 23.9. The summed E-state index contributed by atoms with van der Waals surface area (Å²) in [7, 11) is -4.44. The highest BCUT2D eigenvalue weighted by Crippen LogP contribution is 2.43. The first-order valence-corrected chi connectivity index (χ1v) is 25.4. The zero-order valence-electron chi connectivity index (χ0n) is 39.4. The predicted molar refractivity (Wildman–Crippen MR) is 256 cm³/mol. The van der Waals surface area contributed by atoms with Crippen LogP contribution < -0.4 is 5.73 Å². The molecule has 2 unspecified atom stereocenters. The number of unbranched alkanes of at least 4 members (excludes halogenated alkanes) is 11. The van der Waals surface area contributed by atoms with Gasteiger partial charge in [-0.1, -0.05) is 151 Å². The van der Waals surface area contributed by atoms with Gasteiger partial charge in [0, 0.05) is 32.2 Å². The maximum atomic E-state index is 12.6. The largest absolute Gasteiger partial charge is 0.472 e. The highest BCUT2D eigenvalue weighted by atomic mass is 31.2. The van der Waals surface area contributed by atoms with Crippen LogP contribution in [0.15, 0.2) is 77.3 Å². The van der Waals surface area contributed by atoms with Crippen LogP contribution in [0.1, 0.15) is 171 Å². The molecule has 1 aromatic rings. The Bertz CT molecular complexity index is 1560. The van der Waals surface area contributed by atoms with Crippen molar-refractivity contribution >= 4 is 19.8 Å². The van der Waals surface area contributed by atoms with E-state index in [4.69, 9.17) is 28.7 Å². The summed E-state index contributed by atoms with van der Waals surface area (Å²) in [6, 6.07) is 0. The quantitative estimate of drug-likeness (QED) is 0.0188. The van der Waals surface area contributed by atoms with Gasteiger partial charge in [0.25, 0.3) is 0 Å². The van der Waals surface area contributed by atoms with Crippen molar-refractivity contribution in [3.05, 3.63) is 95.6 Å². The minimum absolute atomic E-state index is 0.0144. The topological polar surface area (TPSA) is 168 Å². The van der Waals surface area contributed by atoms with E-state index in [0.717, 1.165) is 64.2 Å². The normalized spacial score (nSPS) is 14.3. The van der Waals surface area contributed by atoms with Crippen molar-refractivity contribution in [1.82, 2.24) is 0 Å². The summed E-state index contributed by atoms with van der Waals surface area (Å²) in [5.41, 5.74) is 8.03. The molecule has 0 radical (unpaired) electrons. The number of carbonyl (C=O) groups excluding carboxylic acids is 2. The summed E-state index contributed by atoms with van der Waals surface area (Å²) in [4.78, 5) is 35.0. The number of rotatable bonds is 40. The first kappa shape index (κ1) is 57.7. The number of aliphatic hydroxyl groups is 1. The summed E-state index contributed by atoms with van der Waals surface area (Å²) >= 11 is 0. The smallest absolute Gasteiger partial charge is 0.466 e. The molecule has 0 bridgehead atoms. The Morgan fingerprint density at radius 1 is 0.683 bits per heavy atom.